The van der Waals surface area contributed by atoms with Crippen molar-refractivity contribution in [1.29, 1.82) is 0 Å². The van der Waals surface area contributed by atoms with E-state index in [0.29, 0.717) is 18.0 Å². The van der Waals surface area contributed by atoms with E-state index in [1.165, 1.54) is 0 Å². The second-order valence-corrected chi connectivity index (χ2v) is 7.18. The lowest BCUT2D eigenvalue weighted by atomic mass is 10.2. The molecule has 2 aliphatic heterocycles. The molecule has 2 heterocycles. The number of nitrogens with zero attached hydrogens (tertiary/aromatic N) is 2. The van der Waals surface area contributed by atoms with Crippen LogP contribution in [0.1, 0.15) is 0 Å². The van der Waals surface area contributed by atoms with Crippen LogP contribution in [-0.4, -0.2) is 62.2 Å². The van der Waals surface area contributed by atoms with Gasteiger partial charge in [-0.1, -0.05) is 17.7 Å². The zero-order valence-corrected chi connectivity index (χ0v) is 17.0. The third-order valence-electron chi connectivity index (χ3n) is 4.80. The van der Waals surface area contributed by atoms with Gasteiger partial charge in [-0.2, -0.15) is 0 Å². The molecule has 1 atom stereocenters. The lowest BCUT2D eigenvalue weighted by molar-refractivity contribution is 0.0662. The van der Waals surface area contributed by atoms with Crippen LogP contribution >= 0.6 is 24.0 Å². The Morgan fingerprint density at radius 3 is 2.61 bits per heavy atom. The first-order valence-corrected chi connectivity index (χ1v) is 9.48. The summed E-state index contributed by atoms with van der Waals surface area (Å²) in [6.07, 6.45) is -0.548. The van der Waals surface area contributed by atoms with Gasteiger partial charge in [-0.25, -0.2) is 0 Å². The highest BCUT2D eigenvalue weighted by molar-refractivity contribution is 6.30. The van der Waals surface area contributed by atoms with Crippen molar-refractivity contribution >= 4 is 29.7 Å². The van der Waals surface area contributed by atoms with E-state index in [2.05, 4.69) is 15.9 Å². The number of fused-ring (bicyclic) bond motifs is 1. The summed E-state index contributed by atoms with van der Waals surface area (Å²) in [7, 11) is 0. The van der Waals surface area contributed by atoms with Gasteiger partial charge in [0, 0.05) is 49.5 Å². The van der Waals surface area contributed by atoms with E-state index in [1.54, 1.807) is 6.07 Å². The summed E-state index contributed by atoms with van der Waals surface area (Å²) in [6, 6.07) is 13.4. The Morgan fingerprint density at radius 2 is 1.82 bits per heavy atom. The molecule has 1 N–H and O–H groups in total. The van der Waals surface area contributed by atoms with Crippen LogP contribution in [0.5, 0.6) is 17.2 Å². The second-order valence-electron chi connectivity index (χ2n) is 6.75. The smallest absolute Gasteiger partial charge is 0.231 e. The third kappa shape index (κ3) is 5.14. The number of aliphatic hydroxyl groups excluding tert-OH is 1. The monoisotopic (exact) mass is 426 g/mol. The van der Waals surface area contributed by atoms with E-state index < -0.39 is 6.10 Å². The number of piperazine rings is 1. The molecule has 152 valence electrons. The first kappa shape index (κ1) is 20.9. The van der Waals surface area contributed by atoms with Crippen LogP contribution in [0, 0.1) is 0 Å². The fraction of sp³-hybridized carbons (Fsp3) is 0.400. The van der Waals surface area contributed by atoms with Crippen LogP contribution in [-0.2, 0) is 0 Å². The van der Waals surface area contributed by atoms with Crippen LogP contribution < -0.4 is 19.1 Å². The molecule has 0 bridgehead atoms. The summed E-state index contributed by atoms with van der Waals surface area (Å²) >= 11 is 6.08. The first-order valence-electron chi connectivity index (χ1n) is 9.11. The number of β-amino-alcohol motifs (C(OH)–C–C–N with tert-alkyl or cyclic N) is 1. The van der Waals surface area contributed by atoms with Gasteiger partial charge in [0.2, 0.25) is 6.79 Å². The van der Waals surface area contributed by atoms with E-state index in [1.807, 2.05) is 30.3 Å². The van der Waals surface area contributed by atoms with Crippen LogP contribution in [0.3, 0.4) is 0 Å². The van der Waals surface area contributed by atoms with E-state index in [-0.39, 0.29) is 25.8 Å². The van der Waals surface area contributed by atoms with E-state index >= 15 is 0 Å². The van der Waals surface area contributed by atoms with Crippen LogP contribution in [0.4, 0.5) is 5.69 Å². The van der Waals surface area contributed by atoms with E-state index in [0.717, 1.165) is 42.6 Å². The minimum Gasteiger partial charge on any atom is -0.491 e. The van der Waals surface area contributed by atoms with Gasteiger partial charge in [0.15, 0.2) is 11.5 Å². The molecule has 28 heavy (non-hydrogen) atoms. The summed E-state index contributed by atoms with van der Waals surface area (Å²) in [6.45, 7) is 4.69. The minimum atomic E-state index is -0.548. The highest BCUT2D eigenvalue weighted by Crippen LogP contribution is 2.35. The predicted molar refractivity (Wildman–Crippen MR) is 111 cm³/mol. The normalized spacial score (nSPS) is 17.1. The average Bonchev–Trinajstić information content (AvgIpc) is 3.15. The van der Waals surface area contributed by atoms with Gasteiger partial charge in [0.1, 0.15) is 18.5 Å². The lowest BCUT2D eigenvalue weighted by Crippen LogP contribution is -2.49. The Labute approximate surface area is 176 Å². The van der Waals surface area contributed by atoms with Gasteiger partial charge < -0.3 is 24.2 Å². The second kappa shape index (κ2) is 9.56. The SMILES string of the molecule is Cl.OC(COc1ccc2c(c1)OCO2)CN1CCN(c2cccc(Cl)c2)CC1. The highest BCUT2D eigenvalue weighted by atomic mass is 35.5. The molecule has 1 unspecified atom stereocenters. The minimum absolute atomic E-state index is 0. The standard InChI is InChI=1S/C20H23ClN2O4.ClH/c21-15-2-1-3-16(10-15)23-8-6-22(7-9-23)12-17(24)13-25-18-4-5-19-20(11-18)27-14-26-19;/h1-5,10-11,17,24H,6-9,12-14H2;1H. The Hall–Kier alpha value is -1.86. The van der Waals surface area contributed by atoms with Gasteiger partial charge in [0.25, 0.3) is 0 Å². The zero-order chi connectivity index (χ0) is 18.6. The molecular formula is C20H24Cl2N2O4. The van der Waals surface area contributed by atoms with Gasteiger partial charge in [-0.05, 0) is 30.3 Å². The van der Waals surface area contributed by atoms with Gasteiger partial charge in [0.05, 0.1) is 0 Å². The van der Waals surface area contributed by atoms with Crippen molar-refractivity contribution in [1.82, 2.24) is 4.90 Å². The Kier molecular flexibility index (Phi) is 7.13. The molecule has 0 saturated carbocycles. The molecule has 0 radical (unpaired) electrons. The van der Waals surface area contributed by atoms with E-state index in [9.17, 15) is 5.11 Å². The van der Waals surface area contributed by atoms with Gasteiger partial charge in [-0.15, -0.1) is 12.4 Å². The van der Waals surface area contributed by atoms with Crippen molar-refractivity contribution in [2.45, 2.75) is 6.10 Å². The molecule has 8 heteroatoms. The van der Waals surface area contributed by atoms with Crippen molar-refractivity contribution in [3.8, 4) is 17.2 Å². The van der Waals surface area contributed by atoms with Crippen molar-refractivity contribution < 1.29 is 19.3 Å². The number of anilines is 1. The average molecular weight is 427 g/mol. The highest BCUT2D eigenvalue weighted by Gasteiger charge is 2.20. The number of halogens is 2. The molecular weight excluding hydrogens is 403 g/mol. The largest absolute Gasteiger partial charge is 0.491 e. The Morgan fingerprint density at radius 1 is 1.04 bits per heavy atom. The summed E-state index contributed by atoms with van der Waals surface area (Å²) in [5.41, 5.74) is 1.15. The summed E-state index contributed by atoms with van der Waals surface area (Å²) < 4.78 is 16.3. The molecule has 0 aromatic heterocycles. The maximum atomic E-state index is 10.3. The summed E-state index contributed by atoms with van der Waals surface area (Å²) in [5, 5.41) is 11.1. The fourth-order valence-corrected chi connectivity index (χ4v) is 3.56. The molecule has 2 aliphatic rings. The van der Waals surface area contributed by atoms with Crippen LogP contribution in [0.2, 0.25) is 5.02 Å². The first-order chi connectivity index (χ1) is 13.2. The summed E-state index contributed by atoms with van der Waals surface area (Å²) in [5.74, 6) is 2.07. The molecule has 6 nitrogen and oxygen atoms in total. The van der Waals surface area contributed by atoms with Crippen LogP contribution in [0.25, 0.3) is 0 Å². The molecule has 4 rings (SSSR count). The lowest BCUT2D eigenvalue weighted by Gasteiger charge is -2.36. The molecule has 0 amide bonds. The predicted octanol–water partition coefficient (Wildman–Crippen LogP) is 3.05. The zero-order valence-electron chi connectivity index (χ0n) is 15.4. The number of ether oxygens (including phenoxy) is 3. The maximum Gasteiger partial charge on any atom is 0.231 e. The molecule has 2 aromatic rings. The van der Waals surface area contributed by atoms with Crippen molar-refractivity contribution in [3.05, 3.63) is 47.5 Å². The maximum absolute atomic E-state index is 10.3. The molecule has 0 aliphatic carbocycles. The van der Waals surface area contributed by atoms with Crippen molar-refractivity contribution in [2.75, 3.05) is 51.0 Å². The Bertz CT molecular complexity index is 785. The van der Waals surface area contributed by atoms with Crippen molar-refractivity contribution in [2.24, 2.45) is 0 Å². The topological polar surface area (TPSA) is 54.4 Å². The van der Waals surface area contributed by atoms with Gasteiger partial charge in [-0.3, -0.25) is 4.90 Å². The number of benzene rings is 2. The Balaban J connectivity index is 0.00000225. The van der Waals surface area contributed by atoms with Crippen LogP contribution in [0.15, 0.2) is 42.5 Å². The summed E-state index contributed by atoms with van der Waals surface area (Å²) in [4.78, 5) is 4.58. The van der Waals surface area contributed by atoms with E-state index in [4.69, 9.17) is 25.8 Å². The third-order valence-corrected chi connectivity index (χ3v) is 5.04. The fourth-order valence-electron chi connectivity index (χ4n) is 3.37. The molecule has 1 saturated heterocycles. The van der Waals surface area contributed by atoms with Crippen molar-refractivity contribution in [3.63, 3.8) is 0 Å². The molecule has 0 spiro atoms. The van der Waals surface area contributed by atoms with Gasteiger partial charge >= 0.3 is 0 Å². The quantitative estimate of drug-likeness (QED) is 0.765. The number of aliphatic hydroxyl groups is 1. The number of rotatable bonds is 6. The number of hydrogen-bond donors (Lipinski definition) is 1. The number of hydrogen-bond acceptors (Lipinski definition) is 6. The molecule has 2 aromatic carbocycles. The molecule has 1 fully saturated rings.